The lowest BCUT2D eigenvalue weighted by molar-refractivity contribution is 0.148. The number of benzene rings is 2. The molecule has 2 aromatic carbocycles. The first-order valence-corrected chi connectivity index (χ1v) is 8.73. The maximum Gasteiger partial charge on any atom is 0.323 e. The number of piperazine rings is 1. The Morgan fingerprint density at radius 3 is 1.96 bits per heavy atom. The highest BCUT2D eigenvalue weighted by Gasteiger charge is 2.13. The Morgan fingerprint density at radius 1 is 0.880 bits per heavy atom. The fourth-order valence-electron chi connectivity index (χ4n) is 2.89. The van der Waals surface area contributed by atoms with Gasteiger partial charge >= 0.3 is 6.03 Å². The first kappa shape index (κ1) is 17.5. The van der Waals surface area contributed by atoms with Crippen molar-refractivity contribution in [3.8, 4) is 0 Å². The molecule has 0 aliphatic carbocycles. The fraction of sp³-hybridized carbons (Fsp3) is 0.350. The van der Waals surface area contributed by atoms with Crippen LogP contribution in [0.3, 0.4) is 0 Å². The predicted molar refractivity (Wildman–Crippen MR) is 103 cm³/mol. The van der Waals surface area contributed by atoms with Gasteiger partial charge in [0.05, 0.1) is 0 Å². The largest absolute Gasteiger partial charge is 0.323 e. The van der Waals surface area contributed by atoms with Crippen LogP contribution in [0.5, 0.6) is 0 Å². The molecule has 1 fully saturated rings. The van der Waals surface area contributed by atoms with Crippen molar-refractivity contribution in [3.63, 3.8) is 0 Å². The zero-order valence-electron chi connectivity index (χ0n) is 15.0. The van der Waals surface area contributed by atoms with E-state index in [1.807, 2.05) is 43.3 Å². The summed E-state index contributed by atoms with van der Waals surface area (Å²) in [5.74, 6) is 0. The molecule has 0 bridgehead atoms. The topological polar surface area (TPSA) is 47.6 Å². The molecule has 0 saturated carbocycles. The van der Waals surface area contributed by atoms with E-state index in [1.165, 1.54) is 11.1 Å². The van der Waals surface area contributed by atoms with Gasteiger partial charge in [-0.15, -0.1) is 0 Å². The van der Waals surface area contributed by atoms with Crippen molar-refractivity contribution < 1.29 is 4.79 Å². The first-order chi connectivity index (χ1) is 12.1. The molecule has 5 heteroatoms. The molecule has 2 N–H and O–H groups in total. The van der Waals surface area contributed by atoms with Crippen molar-refractivity contribution in [2.24, 2.45) is 0 Å². The Morgan fingerprint density at radius 2 is 1.40 bits per heavy atom. The summed E-state index contributed by atoms with van der Waals surface area (Å²) in [6.07, 6.45) is 0. The number of nitrogens with one attached hydrogen (secondary N) is 2. The van der Waals surface area contributed by atoms with Gasteiger partial charge in [-0.1, -0.05) is 29.8 Å². The van der Waals surface area contributed by atoms with Gasteiger partial charge in [-0.3, -0.25) is 4.90 Å². The summed E-state index contributed by atoms with van der Waals surface area (Å²) >= 11 is 0. The van der Waals surface area contributed by atoms with Crippen molar-refractivity contribution in [1.82, 2.24) is 9.80 Å². The second-order valence-electron chi connectivity index (χ2n) is 6.72. The lowest BCUT2D eigenvalue weighted by Crippen LogP contribution is -2.43. The van der Waals surface area contributed by atoms with Crippen LogP contribution < -0.4 is 10.6 Å². The van der Waals surface area contributed by atoms with Gasteiger partial charge < -0.3 is 15.5 Å². The highest BCUT2D eigenvalue weighted by molar-refractivity contribution is 5.99. The molecule has 1 aliphatic heterocycles. The Bertz CT molecular complexity index is 689. The third kappa shape index (κ3) is 5.31. The van der Waals surface area contributed by atoms with Gasteiger partial charge in [0.15, 0.2) is 0 Å². The smallest absolute Gasteiger partial charge is 0.308 e. The van der Waals surface area contributed by atoms with Crippen molar-refractivity contribution >= 4 is 17.4 Å². The fourth-order valence-corrected chi connectivity index (χ4v) is 2.89. The Balaban J connectivity index is 1.50. The lowest BCUT2D eigenvalue weighted by Gasteiger charge is -2.32. The molecule has 3 rings (SSSR count). The van der Waals surface area contributed by atoms with Crippen LogP contribution in [0, 0.1) is 6.92 Å². The number of likely N-dealkylation sites (N-methyl/N-ethyl adjacent to an activating group) is 1. The second-order valence-corrected chi connectivity index (χ2v) is 6.72. The third-order valence-electron chi connectivity index (χ3n) is 4.52. The van der Waals surface area contributed by atoms with E-state index in [4.69, 9.17) is 0 Å². The van der Waals surface area contributed by atoms with E-state index in [-0.39, 0.29) is 6.03 Å². The third-order valence-corrected chi connectivity index (χ3v) is 4.52. The van der Waals surface area contributed by atoms with Crippen molar-refractivity contribution in [1.29, 1.82) is 0 Å². The molecular weight excluding hydrogens is 312 g/mol. The van der Waals surface area contributed by atoms with Gasteiger partial charge in [0, 0.05) is 44.1 Å². The summed E-state index contributed by atoms with van der Waals surface area (Å²) in [5.41, 5.74) is 4.03. The van der Waals surface area contributed by atoms with Crippen LogP contribution in [0.2, 0.25) is 0 Å². The molecule has 1 heterocycles. The van der Waals surface area contributed by atoms with E-state index in [0.717, 1.165) is 44.1 Å². The minimum Gasteiger partial charge on any atom is -0.308 e. The number of aryl methyl sites for hydroxylation is 1. The zero-order valence-corrected chi connectivity index (χ0v) is 15.0. The molecule has 5 nitrogen and oxygen atoms in total. The molecule has 2 amide bonds. The Labute approximate surface area is 149 Å². The number of rotatable bonds is 4. The van der Waals surface area contributed by atoms with E-state index < -0.39 is 0 Å². The van der Waals surface area contributed by atoms with Crippen LogP contribution in [0.1, 0.15) is 11.1 Å². The van der Waals surface area contributed by atoms with Gasteiger partial charge in [0.25, 0.3) is 0 Å². The number of hydrogen-bond donors (Lipinski definition) is 2. The molecular formula is C20H26N4O. The van der Waals surface area contributed by atoms with Crippen LogP contribution in [0.15, 0.2) is 48.5 Å². The summed E-state index contributed by atoms with van der Waals surface area (Å²) in [6.45, 7) is 7.44. The number of hydrogen-bond acceptors (Lipinski definition) is 3. The van der Waals surface area contributed by atoms with Gasteiger partial charge in [-0.2, -0.15) is 0 Å². The monoisotopic (exact) mass is 338 g/mol. The number of urea groups is 1. The van der Waals surface area contributed by atoms with Crippen LogP contribution in [0.4, 0.5) is 16.2 Å². The highest BCUT2D eigenvalue weighted by Crippen LogP contribution is 2.14. The molecule has 1 saturated heterocycles. The maximum atomic E-state index is 12.1. The SMILES string of the molecule is Cc1ccc(NC(=O)Nc2ccc(CN3CCN(C)CC3)cc2)cc1. The van der Waals surface area contributed by atoms with E-state index in [1.54, 1.807) is 0 Å². The predicted octanol–water partition coefficient (Wildman–Crippen LogP) is 3.39. The number of amides is 2. The van der Waals surface area contributed by atoms with E-state index in [0.29, 0.717) is 0 Å². The molecule has 0 radical (unpaired) electrons. The minimum atomic E-state index is -0.226. The number of anilines is 2. The van der Waals surface area contributed by atoms with Crippen molar-refractivity contribution in [2.45, 2.75) is 13.5 Å². The molecule has 0 aromatic heterocycles. The van der Waals surface area contributed by atoms with Crippen LogP contribution >= 0.6 is 0 Å². The van der Waals surface area contributed by atoms with Crippen LogP contribution in [-0.2, 0) is 6.54 Å². The molecule has 0 spiro atoms. The average molecular weight is 338 g/mol. The first-order valence-electron chi connectivity index (χ1n) is 8.73. The lowest BCUT2D eigenvalue weighted by atomic mass is 10.2. The standard InChI is InChI=1S/C20H26N4O/c1-16-3-7-18(8-4-16)21-20(25)22-19-9-5-17(6-10-19)15-24-13-11-23(2)12-14-24/h3-10H,11-15H2,1-2H3,(H2,21,22,25). The van der Waals surface area contributed by atoms with Gasteiger partial charge in [0.2, 0.25) is 0 Å². The van der Waals surface area contributed by atoms with Crippen LogP contribution in [0.25, 0.3) is 0 Å². The summed E-state index contributed by atoms with van der Waals surface area (Å²) in [5, 5.41) is 5.71. The molecule has 1 aliphatic rings. The van der Waals surface area contributed by atoms with Gasteiger partial charge in [-0.05, 0) is 43.8 Å². The minimum absolute atomic E-state index is 0.226. The summed E-state index contributed by atoms with van der Waals surface area (Å²) < 4.78 is 0. The normalized spacial score (nSPS) is 15.8. The highest BCUT2D eigenvalue weighted by atomic mass is 16.2. The molecule has 2 aromatic rings. The molecule has 132 valence electrons. The zero-order chi connectivity index (χ0) is 17.6. The summed E-state index contributed by atoms with van der Waals surface area (Å²) in [6, 6.07) is 15.6. The maximum absolute atomic E-state index is 12.1. The quantitative estimate of drug-likeness (QED) is 0.898. The van der Waals surface area contributed by atoms with E-state index in [2.05, 4.69) is 39.6 Å². The Kier molecular flexibility index (Phi) is 5.68. The second kappa shape index (κ2) is 8.14. The molecule has 25 heavy (non-hydrogen) atoms. The number of nitrogens with zero attached hydrogens (tertiary/aromatic N) is 2. The molecule has 0 unspecified atom stereocenters. The number of carbonyl (C=O) groups excluding carboxylic acids is 1. The summed E-state index contributed by atoms with van der Waals surface area (Å²) in [7, 11) is 2.17. The van der Waals surface area contributed by atoms with Crippen LogP contribution in [-0.4, -0.2) is 49.1 Å². The summed E-state index contributed by atoms with van der Waals surface area (Å²) in [4.78, 5) is 16.9. The molecule has 0 atom stereocenters. The van der Waals surface area contributed by atoms with E-state index in [9.17, 15) is 4.79 Å². The number of carbonyl (C=O) groups is 1. The van der Waals surface area contributed by atoms with Gasteiger partial charge in [0.1, 0.15) is 0 Å². The van der Waals surface area contributed by atoms with Crippen molar-refractivity contribution in [2.75, 3.05) is 43.9 Å². The average Bonchev–Trinajstić information content (AvgIpc) is 2.61. The van der Waals surface area contributed by atoms with E-state index >= 15 is 0 Å². The Hall–Kier alpha value is -2.37. The van der Waals surface area contributed by atoms with Crippen molar-refractivity contribution in [3.05, 3.63) is 59.7 Å². The van der Waals surface area contributed by atoms with Gasteiger partial charge in [-0.25, -0.2) is 4.79 Å².